The van der Waals surface area contributed by atoms with Crippen LogP contribution in [0.2, 0.25) is 0 Å². The Labute approximate surface area is 165 Å². The van der Waals surface area contributed by atoms with Crippen molar-refractivity contribution in [1.29, 1.82) is 0 Å². The van der Waals surface area contributed by atoms with Crippen LogP contribution in [0.5, 0.6) is 11.5 Å². The highest BCUT2D eigenvalue weighted by Gasteiger charge is 2.33. The molecule has 0 unspecified atom stereocenters. The van der Waals surface area contributed by atoms with Gasteiger partial charge in [0.15, 0.2) is 0 Å². The lowest BCUT2D eigenvalue weighted by molar-refractivity contribution is -0.117. The van der Waals surface area contributed by atoms with Gasteiger partial charge in [0.05, 0.1) is 26.2 Å². The van der Waals surface area contributed by atoms with Crippen LogP contribution in [-0.2, 0) is 21.2 Å². The SMILES string of the molecule is COc1ccc(OC)c(N(CC(=O)N2c3ccccc3C[C@@H]2C)S(C)(=O)=O)c1. The molecule has 0 saturated carbocycles. The zero-order valence-corrected chi connectivity index (χ0v) is 17.2. The summed E-state index contributed by atoms with van der Waals surface area (Å²) in [6, 6.07) is 12.5. The van der Waals surface area contributed by atoms with E-state index in [9.17, 15) is 13.2 Å². The molecule has 0 aliphatic carbocycles. The zero-order valence-electron chi connectivity index (χ0n) is 16.4. The predicted molar refractivity (Wildman–Crippen MR) is 109 cm³/mol. The second-order valence-corrected chi connectivity index (χ2v) is 8.66. The van der Waals surface area contributed by atoms with Crippen LogP contribution in [0.15, 0.2) is 42.5 Å². The van der Waals surface area contributed by atoms with Crippen molar-refractivity contribution in [2.45, 2.75) is 19.4 Å². The van der Waals surface area contributed by atoms with Crippen molar-refractivity contribution >= 4 is 27.3 Å². The Morgan fingerprint density at radius 2 is 1.89 bits per heavy atom. The zero-order chi connectivity index (χ0) is 20.5. The van der Waals surface area contributed by atoms with Gasteiger partial charge < -0.3 is 14.4 Å². The van der Waals surface area contributed by atoms with E-state index < -0.39 is 10.0 Å². The van der Waals surface area contributed by atoms with E-state index in [1.807, 2.05) is 31.2 Å². The molecule has 0 spiro atoms. The Kier molecular flexibility index (Phi) is 5.51. The summed E-state index contributed by atoms with van der Waals surface area (Å²) < 4.78 is 36.7. The van der Waals surface area contributed by atoms with E-state index >= 15 is 0 Å². The minimum absolute atomic E-state index is 0.0430. The number of carbonyl (C=O) groups is 1. The third-order valence-corrected chi connectivity index (χ3v) is 5.94. The summed E-state index contributed by atoms with van der Waals surface area (Å²) in [5.41, 5.74) is 2.16. The molecule has 0 bridgehead atoms. The molecular formula is C20H24N2O5S. The van der Waals surface area contributed by atoms with Crippen LogP contribution in [0.3, 0.4) is 0 Å². The first-order chi connectivity index (χ1) is 13.3. The smallest absolute Gasteiger partial charge is 0.248 e. The van der Waals surface area contributed by atoms with Crippen molar-refractivity contribution in [1.82, 2.24) is 0 Å². The molecule has 2 aromatic carbocycles. The van der Waals surface area contributed by atoms with Gasteiger partial charge in [0.25, 0.3) is 0 Å². The summed E-state index contributed by atoms with van der Waals surface area (Å²) in [4.78, 5) is 14.8. The van der Waals surface area contributed by atoms with E-state index in [1.54, 1.807) is 23.1 Å². The number of methoxy groups -OCH3 is 2. The number of para-hydroxylation sites is 1. The van der Waals surface area contributed by atoms with Crippen molar-refractivity contribution in [3.8, 4) is 11.5 Å². The average molecular weight is 404 g/mol. The third kappa shape index (κ3) is 3.77. The first-order valence-corrected chi connectivity index (χ1v) is 10.7. The summed E-state index contributed by atoms with van der Waals surface area (Å²) in [6.07, 6.45) is 1.81. The molecule has 1 aliphatic rings. The molecule has 1 amide bonds. The minimum atomic E-state index is -3.74. The summed E-state index contributed by atoms with van der Waals surface area (Å²) in [5.74, 6) is 0.512. The van der Waals surface area contributed by atoms with Crippen LogP contribution in [0.4, 0.5) is 11.4 Å². The van der Waals surface area contributed by atoms with Gasteiger partial charge in [0.1, 0.15) is 18.0 Å². The summed E-state index contributed by atoms with van der Waals surface area (Å²) in [5, 5.41) is 0. The van der Waals surface area contributed by atoms with Crippen LogP contribution in [0, 0.1) is 0 Å². The largest absolute Gasteiger partial charge is 0.497 e. The van der Waals surface area contributed by atoms with E-state index in [2.05, 4.69) is 0 Å². The first kappa shape index (κ1) is 20.0. The van der Waals surface area contributed by atoms with Crippen LogP contribution in [0.1, 0.15) is 12.5 Å². The molecule has 28 heavy (non-hydrogen) atoms. The van der Waals surface area contributed by atoms with Crippen LogP contribution < -0.4 is 18.7 Å². The molecule has 2 aromatic rings. The lowest BCUT2D eigenvalue weighted by Gasteiger charge is -2.28. The number of sulfonamides is 1. The van der Waals surface area contributed by atoms with Crippen LogP contribution >= 0.6 is 0 Å². The lowest BCUT2D eigenvalue weighted by atomic mass is 10.1. The van der Waals surface area contributed by atoms with E-state index in [0.29, 0.717) is 11.5 Å². The Morgan fingerprint density at radius 1 is 1.18 bits per heavy atom. The Hall–Kier alpha value is -2.74. The maximum atomic E-state index is 13.2. The molecule has 3 rings (SSSR count). The molecule has 0 saturated heterocycles. The second-order valence-electron chi connectivity index (χ2n) is 6.75. The minimum Gasteiger partial charge on any atom is -0.497 e. The fourth-order valence-corrected chi connectivity index (χ4v) is 4.36. The highest BCUT2D eigenvalue weighted by atomic mass is 32.2. The predicted octanol–water partition coefficient (Wildman–Crippen LogP) is 2.45. The summed E-state index contributed by atoms with van der Waals surface area (Å²) in [6.45, 7) is 1.62. The molecule has 8 heteroatoms. The Balaban J connectivity index is 1.98. The number of amides is 1. The van der Waals surface area contributed by atoms with E-state index in [0.717, 1.165) is 28.2 Å². The summed E-state index contributed by atoms with van der Waals surface area (Å²) >= 11 is 0. The van der Waals surface area contributed by atoms with Gasteiger partial charge in [-0.1, -0.05) is 18.2 Å². The maximum Gasteiger partial charge on any atom is 0.248 e. The van der Waals surface area contributed by atoms with Gasteiger partial charge in [-0.05, 0) is 37.1 Å². The number of hydrogen-bond acceptors (Lipinski definition) is 5. The molecular weight excluding hydrogens is 380 g/mol. The molecule has 0 radical (unpaired) electrons. The number of hydrogen-bond donors (Lipinski definition) is 0. The van der Waals surface area contributed by atoms with Crippen molar-refractivity contribution in [3.63, 3.8) is 0 Å². The first-order valence-electron chi connectivity index (χ1n) is 8.86. The van der Waals surface area contributed by atoms with Gasteiger partial charge in [-0.15, -0.1) is 0 Å². The molecule has 150 valence electrons. The van der Waals surface area contributed by atoms with Gasteiger partial charge in [-0.2, -0.15) is 0 Å². The molecule has 0 aromatic heterocycles. The van der Waals surface area contributed by atoms with Gasteiger partial charge in [0.2, 0.25) is 15.9 Å². The highest BCUT2D eigenvalue weighted by Crippen LogP contribution is 2.35. The number of anilines is 2. The topological polar surface area (TPSA) is 76.2 Å². The molecule has 1 aliphatic heterocycles. The highest BCUT2D eigenvalue weighted by molar-refractivity contribution is 7.92. The van der Waals surface area contributed by atoms with Gasteiger partial charge in [-0.3, -0.25) is 9.10 Å². The van der Waals surface area contributed by atoms with Gasteiger partial charge in [-0.25, -0.2) is 8.42 Å². The van der Waals surface area contributed by atoms with Crippen molar-refractivity contribution < 1.29 is 22.7 Å². The number of ether oxygens (including phenoxy) is 2. The van der Waals surface area contributed by atoms with Crippen molar-refractivity contribution in [2.75, 3.05) is 36.2 Å². The van der Waals surface area contributed by atoms with E-state index in [-0.39, 0.29) is 24.2 Å². The maximum absolute atomic E-state index is 13.2. The fourth-order valence-electron chi connectivity index (χ4n) is 3.52. The molecule has 0 fully saturated rings. The number of fused-ring (bicyclic) bond motifs is 1. The van der Waals surface area contributed by atoms with E-state index in [1.165, 1.54) is 14.2 Å². The molecule has 1 atom stereocenters. The van der Waals surface area contributed by atoms with Crippen molar-refractivity contribution in [2.24, 2.45) is 0 Å². The van der Waals surface area contributed by atoms with E-state index in [4.69, 9.17) is 9.47 Å². The Morgan fingerprint density at radius 3 is 2.54 bits per heavy atom. The second kappa shape index (κ2) is 7.71. The standard InChI is InChI=1S/C20H24N2O5S/c1-14-11-15-7-5-6-8-17(15)22(14)20(23)13-21(28(4,24)25)18-12-16(26-2)9-10-19(18)27-3/h5-10,12,14H,11,13H2,1-4H3/t14-/m0/s1. The number of rotatable bonds is 6. The molecule has 0 N–H and O–H groups in total. The normalized spacial score (nSPS) is 15.9. The van der Waals surface area contributed by atoms with Crippen molar-refractivity contribution in [3.05, 3.63) is 48.0 Å². The number of nitrogens with zero attached hydrogens (tertiary/aromatic N) is 2. The van der Waals surface area contributed by atoms with Crippen LogP contribution in [-0.4, -0.2) is 47.4 Å². The average Bonchev–Trinajstić information content (AvgIpc) is 3.00. The third-order valence-electron chi connectivity index (χ3n) is 4.81. The lowest BCUT2D eigenvalue weighted by Crippen LogP contribution is -2.45. The number of benzene rings is 2. The van der Waals surface area contributed by atoms with Crippen LogP contribution in [0.25, 0.3) is 0 Å². The van der Waals surface area contributed by atoms with Gasteiger partial charge >= 0.3 is 0 Å². The molecule has 1 heterocycles. The number of carbonyl (C=O) groups excluding carboxylic acids is 1. The fraction of sp³-hybridized carbons (Fsp3) is 0.350. The Bertz CT molecular complexity index is 990. The quantitative estimate of drug-likeness (QED) is 0.739. The monoisotopic (exact) mass is 404 g/mol. The molecule has 7 nitrogen and oxygen atoms in total. The summed E-state index contributed by atoms with van der Waals surface area (Å²) in [7, 11) is -0.804. The van der Waals surface area contributed by atoms with Gasteiger partial charge in [0, 0.05) is 17.8 Å².